The Bertz CT molecular complexity index is 391. The molecule has 2 atom stereocenters. The van der Waals surface area contributed by atoms with Crippen molar-refractivity contribution in [2.75, 3.05) is 0 Å². The largest absolute Gasteiger partial charge is 1.00 e. The molecule has 0 aromatic rings. The van der Waals surface area contributed by atoms with Crippen LogP contribution in [0.15, 0.2) is 0 Å². The Morgan fingerprint density at radius 2 is 1.28 bits per heavy atom. The third-order valence-corrected chi connectivity index (χ3v) is 3.99. The molecule has 0 saturated carbocycles. The predicted molar refractivity (Wildman–Crippen MR) is 92.1 cm³/mol. The first-order valence-corrected chi connectivity index (χ1v) is 9.19. The normalized spacial score (nSPS) is 12.6. The number of carboxylic acid groups (broad SMARTS) is 1. The van der Waals surface area contributed by atoms with Crippen molar-refractivity contribution in [2.45, 2.75) is 97.1 Å². The second-order valence-corrected chi connectivity index (χ2v) is 6.42. The fraction of sp³-hybridized carbons (Fsp3) is 0.833. The number of carbonyl (C=O) groups excluding carboxylic acids is 3. The molecule has 0 spiro atoms. The van der Waals surface area contributed by atoms with Crippen LogP contribution in [-0.2, 0) is 14.4 Å². The maximum Gasteiger partial charge on any atom is 1.00 e. The van der Waals surface area contributed by atoms with Gasteiger partial charge in [-0.2, -0.15) is 0 Å². The number of carboxylic acids is 1. The molecule has 0 saturated heterocycles. The summed E-state index contributed by atoms with van der Waals surface area (Å²) in [6, 6.07) is -1.83. The molecule has 0 aromatic carbocycles. The van der Waals surface area contributed by atoms with E-state index in [4.69, 9.17) is 0 Å². The van der Waals surface area contributed by atoms with Crippen LogP contribution < -0.4 is 45.3 Å². The zero-order chi connectivity index (χ0) is 18.4. The van der Waals surface area contributed by atoms with Gasteiger partial charge in [0.15, 0.2) is 0 Å². The summed E-state index contributed by atoms with van der Waals surface area (Å²) < 4.78 is 0. The van der Waals surface area contributed by atoms with E-state index in [0.717, 1.165) is 19.3 Å². The van der Waals surface area contributed by atoms with Crippen molar-refractivity contribution in [2.24, 2.45) is 0 Å². The molecule has 0 bridgehead atoms. The van der Waals surface area contributed by atoms with E-state index in [9.17, 15) is 19.5 Å². The molecule has 0 rings (SSSR count). The van der Waals surface area contributed by atoms with Gasteiger partial charge in [-0.3, -0.25) is 9.59 Å². The molecule has 7 heteroatoms. The van der Waals surface area contributed by atoms with Gasteiger partial charge in [-0.25, -0.2) is 0 Å². The standard InChI is InChI=1S/C18H34N2O4.Na/c1-4-5-6-7-8-9-10-11-12-13-16(21)19-14(2)17(22)20-15(3)18(23)24;/h14-15H,4-13H2,1-3H3,(H,19,21)(H,20,22)(H,23,24);/q;+1/p-1. The van der Waals surface area contributed by atoms with E-state index in [1.165, 1.54) is 52.4 Å². The fourth-order valence-corrected chi connectivity index (χ4v) is 2.37. The molecule has 0 aromatic heterocycles. The van der Waals surface area contributed by atoms with Crippen LogP contribution in [-0.4, -0.2) is 29.9 Å². The average molecular weight is 364 g/mol. The molecule has 6 nitrogen and oxygen atoms in total. The molecule has 0 aliphatic heterocycles. The molecule has 0 aliphatic carbocycles. The Labute approximate surface area is 174 Å². The fourth-order valence-electron chi connectivity index (χ4n) is 2.37. The molecule has 0 aliphatic rings. The first-order valence-electron chi connectivity index (χ1n) is 9.19. The minimum absolute atomic E-state index is 0. The van der Waals surface area contributed by atoms with Crippen LogP contribution in [0, 0.1) is 0 Å². The number of hydrogen-bond donors (Lipinski definition) is 2. The van der Waals surface area contributed by atoms with Crippen LogP contribution in [0.5, 0.6) is 0 Å². The van der Waals surface area contributed by atoms with Gasteiger partial charge < -0.3 is 20.5 Å². The zero-order valence-corrected chi connectivity index (χ0v) is 18.4. The number of rotatable bonds is 14. The molecule has 2 amide bonds. The smallest absolute Gasteiger partial charge is 0.548 e. The number of carbonyl (C=O) groups is 3. The maximum absolute atomic E-state index is 11.8. The van der Waals surface area contributed by atoms with Crippen molar-refractivity contribution in [1.82, 2.24) is 10.6 Å². The second kappa shape index (κ2) is 16.9. The van der Waals surface area contributed by atoms with Crippen molar-refractivity contribution >= 4 is 17.8 Å². The van der Waals surface area contributed by atoms with Crippen LogP contribution >= 0.6 is 0 Å². The van der Waals surface area contributed by atoms with Gasteiger partial charge in [-0.1, -0.05) is 58.3 Å². The molecule has 2 unspecified atom stereocenters. The third-order valence-electron chi connectivity index (χ3n) is 3.99. The van der Waals surface area contributed by atoms with E-state index < -0.39 is 24.0 Å². The van der Waals surface area contributed by atoms with Gasteiger partial charge >= 0.3 is 29.6 Å². The van der Waals surface area contributed by atoms with E-state index in [0.29, 0.717) is 6.42 Å². The molecule has 25 heavy (non-hydrogen) atoms. The topological polar surface area (TPSA) is 98.3 Å². The van der Waals surface area contributed by atoms with E-state index >= 15 is 0 Å². The minimum Gasteiger partial charge on any atom is -0.548 e. The van der Waals surface area contributed by atoms with E-state index in [1.807, 2.05) is 0 Å². The van der Waals surface area contributed by atoms with E-state index in [1.54, 1.807) is 0 Å². The number of unbranched alkanes of at least 4 members (excludes halogenated alkanes) is 8. The van der Waals surface area contributed by atoms with Crippen LogP contribution in [0.1, 0.15) is 85.0 Å². The Morgan fingerprint density at radius 1 is 0.800 bits per heavy atom. The third kappa shape index (κ3) is 15.4. The van der Waals surface area contributed by atoms with E-state index in [2.05, 4.69) is 17.6 Å². The predicted octanol–water partition coefficient (Wildman–Crippen LogP) is -1.33. The van der Waals surface area contributed by atoms with Crippen molar-refractivity contribution in [1.29, 1.82) is 0 Å². The van der Waals surface area contributed by atoms with Gasteiger partial charge in [0, 0.05) is 6.42 Å². The number of amides is 2. The summed E-state index contributed by atoms with van der Waals surface area (Å²) in [5, 5.41) is 15.4. The number of hydrogen-bond acceptors (Lipinski definition) is 4. The molecular formula is C18H33N2NaO4. The van der Waals surface area contributed by atoms with Gasteiger partial charge in [-0.15, -0.1) is 0 Å². The molecule has 140 valence electrons. The van der Waals surface area contributed by atoms with Crippen molar-refractivity contribution in [3.63, 3.8) is 0 Å². The van der Waals surface area contributed by atoms with Gasteiger partial charge in [-0.05, 0) is 20.3 Å². The van der Waals surface area contributed by atoms with Gasteiger partial charge in [0.1, 0.15) is 6.04 Å². The van der Waals surface area contributed by atoms with Crippen LogP contribution in [0.4, 0.5) is 0 Å². The van der Waals surface area contributed by atoms with Gasteiger partial charge in [0.2, 0.25) is 11.8 Å². The second-order valence-electron chi connectivity index (χ2n) is 6.42. The monoisotopic (exact) mass is 364 g/mol. The minimum atomic E-state index is -1.35. The Balaban J connectivity index is 0. The summed E-state index contributed by atoms with van der Waals surface area (Å²) >= 11 is 0. The Morgan fingerprint density at radius 3 is 1.76 bits per heavy atom. The summed E-state index contributed by atoms with van der Waals surface area (Å²) in [5.41, 5.74) is 0. The summed E-state index contributed by atoms with van der Waals surface area (Å²) in [7, 11) is 0. The zero-order valence-electron chi connectivity index (χ0n) is 16.4. The van der Waals surface area contributed by atoms with Crippen molar-refractivity contribution < 1.29 is 49.0 Å². The Hall–Kier alpha value is -0.590. The summed E-state index contributed by atoms with van der Waals surface area (Å²) in [6.07, 6.45) is 11.0. The van der Waals surface area contributed by atoms with Crippen LogP contribution in [0.2, 0.25) is 0 Å². The van der Waals surface area contributed by atoms with Crippen molar-refractivity contribution in [3.05, 3.63) is 0 Å². The van der Waals surface area contributed by atoms with Gasteiger partial charge in [0.25, 0.3) is 0 Å². The molecule has 2 N–H and O–H groups in total. The number of aliphatic carboxylic acids is 1. The van der Waals surface area contributed by atoms with Crippen LogP contribution in [0.25, 0.3) is 0 Å². The first-order chi connectivity index (χ1) is 11.4. The number of nitrogens with one attached hydrogen (secondary N) is 2. The molecule has 0 heterocycles. The Kier molecular flexibility index (Phi) is 18.0. The molecule has 0 radical (unpaired) electrons. The summed E-state index contributed by atoms with van der Waals surface area (Å²) in [6.45, 7) is 5.06. The molecular weight excluding hydrogens is 331 g/mol. The molecule has 0 fully saturated rings. The quantitative estimate of drug-likeness (QED) is 0.295. The summed E-state index contributed by atoms with van der Waals surface area (Å²) in [5.74, 6) is -2.05. The van der Waals surface area contributed by atoms with Crippen molar-refractivity contribution in [3.8, 4) is 0 Å². The van der Waals surface area contributed by atoms with Gasteiger partial charge in [0.05, 0.1) is 12.0 Å². The van der Waals surface area contributed by atoms with Crippen LogP contribution in [0.3, 0.4) is 0 Å². The van der Waals surface area contributed by atoms with E-state index in [-0.39, 0.29) is 35.5 Å². The maximum atomic E-state index is 11.8. The summed E-state index contributed by atoms with van der Waals surface area (Å²) in [4.78, 5) is 34.0. The average Bonchev–Trinajstić information content (AvgIpc) is 2.52. The first kappa shape index (κ1) is 26.6. The SMILES string of the molecule is CCCCCCCCCCCC(=O)NC(C)C(=O)NC(C)C(=O)[O-].[Na+].